The fourth-order valence-corrected chi connectivity index (χ4v) is 3.59. The minimum Gasteiger partial charge on any atom is -0.392 e. The molecule has 1 aliphatic carbocycles. The Bertz CT molecular complexity index is 599. The highest BCUT2D eigenvalue weighted by molar-refractivity contribution is 6.30. The van der Waals surface area contributed by atoms with Crippen molar-refractivity contribution in [3.05, 3.63) is 34.9 Å². The van der Waals surface area contributed by atoms with E-state index in [1.54, 1.807) is 34.1 Å². The van der Waals surface area contributed by atoms with Crippen LogP contribution in [0.1, 0.15) is 29.6 Å². The molecule has 2 aliphatic rings. The monoisotopic (exact) mass is 336 g/mol. The van der Waals surface area contributed by atoms with Crippen LogP contribution < -0.4 is 0 Å². The zero-order valence-electron chi connectivity index (χ0n) is 12.9. The highest BCUT2D eigenvalue weighted by Crippen LogP contribution is 2.27. The van der Waals surface area contributed by atoms with Crippen LogP contribution in [0.5, 0.6) is 0 Å². The summed E-state index contributed by atoms with van der Waals surface area (Å²) in [7, 11) is 0. The number of piperazine rings is 1. The van der Waals surface area contributed by atoms with Gasteiger partial charge in [-0.15, -0.1) is 0 Å². The number of aliphatic hydroxyl groups is 1. The molecular formula is C17H21ClN2O3. The third-order valence-corrected chi connectivity index (χ3v) is 4.98. The number of amides is 2. The fraction of sp³-hybridized carbons (Fsp3) is 0.529. The lowest BCUT2D eigenvalue weighted by Gasteiger charge is -2.36. The summed E-state index contributed by atoms with van der Waals surface area (Å²) in [6, 6.07) is 6.91. The first-order chi connectivity index (χ1) is 11.1. The molecule has 2 fully saturated rings. The standard InChI is InChI=1S/C17H21ClN2O3/c18-13-4-1-3-12(11-13)16(22)19-7-9-20(10-8-19)17(23)14-5-2-6-15(14)21/h1,3-4,11,14-15,21H,2,5-10H2. The van der Waals surface area contributed by atoms with Gasteiger partial charge in [-0.05, 0) is 37.5 Å². The molecule has 1 saturated carbocycles. The van der Waals surface area contributed by atoms with Crippen molar-refractivity contribution < 1.29 is 14.7 Å². The lowest BCUT2D eigenvalue weighted by Crippen LogP contribution is -2.52. The second kappa shape index (κ2) is 6.89. The number of benzene rings is 1. The Morgan fingerprint density at radius 2 is 1.78 bits per heavy atom. The van der Waals surface area contributed by atoms with E-state index in [1.807, 2.05) is 0 Å². The van der Waals surface area contributed by atoms with Crippen molar-refractivity contribution in [3.63, 3.8) is 0 Å². The largest absolute Gasteiger partial charge is 0.392 e. The van der Waals surface area contributed by atoms with Crippen LogP contribution in [-0.2, 0) is 4.79 Å². The van der Waals surface area contributed by atoms with Gasteiger partial charge in [0.25, 0.3) is 5.91 Å². The molecule has 0 radical (unpaired) electrons. The third-order valence-electron chi connectivity index (χ3n) is 4.75. The average Bonchev–Trinajstić information content (AvgIpc) is 3.00. The number of nitrogens with zero attached hydrogens (tertiary/aromatic N) is 2. The van der Waals surface area contributed by atoms with E-state index < -0.39 is 6.10 Å². The number of hydrogen-bond acceptors (Lipinski definition) is 3. The number of aliphatic hydroxyl groups excluding tert-OH is 1. The van der Waals surface area contributed by atoms with Crippen LogP contribution >= 0.6 is 11.6 Å². The smallest absolute Gasteiger partial charge is 0.254 e. The lowest BCUT2D eigenvalue weighted by atomic mass is 10.0. The molecule has 6 heteroatoms. The predicted molar refractivity (Wildman–Crippen MR) is 87.3 cm³/mol. The van der Waals surface area contributed by atoms with Crippen LogP contribution in [0.4, 0.5) is 0 Å². The van der Waals surface area contributed by atoms with Gasteiger partial charge in [-0.3, -0.25) is 9.59 Å². The van der Waals surface area contributed by atoms with E-state index in [2.05, 4.69) is 0 Å². The molecule has 124 valence electrons. The molecule has 3 rings (SSSR count). The molecule has 0 spiro atoms. The van der Waals surface area contributed by atoms with E-state index in [0.717, 1.165) is 12.8 Å². The number of hydrogen-bond donors (Lipinski definition) is 1. The normalized spacial score (nSPS) is 24.8. The molecule has 2 unspecified atom stereocenters. The fourth-order valence-electron chi connectivity index (χ4n) is 3.40. The van der Waals surface area contributed by atoms with Gasteiger partial charge in [0, 0.05) is 36.8 Å². The van der Waals surface area contributed by atoms with Crippen molar-refractivity contribution in [1.29, 1.82) is 0 Å². The van der Waals surface area contributed by atoms with Gasteiger partial charge in [0.2, 0.25) is 5.91 Å². The molecule has 2 amide bonds. The number of halogens is 1. The maximum atomic E-state index is 12.5. The van der Waals surface area contributed by atoms with E-state index >= 15 is 0 Å². The van der Waals surface area contributed by atoms with Crippen molar-refractivity contribution in [2.75, 3.05) is 26.2 Å². The molecule has 1 heterocycles. The molecule has 1 aromatic carbocycles. The van der Waals surface area contributed by atoms with Gasteiger partial charge in [0.05, 0.1) is 12.0 Å². The maximum Gasteiger partial charge on any atom is 0.254 e. The van der Waals surface area contributed by atoms with Crippen molar-refractivity contribution in [2.24, 2.45) is 5.92 Å². The summed E-state index contributed by atoms with van der Waals surface area (Å²) in [6.07, 6.45) is 1.88. The Morgan fingerprint density at radius 1 is 1.09 bits per heavy atom. The minimum atomic E-state index is -0.506. The predicted octanol–water partition coefficient (Wildman–Crippen LogP) is 1.79. The number of rotatable bonds is 2. The van der Waals surface area contributed by atoms with Gasteiger partial charge in [0.1, 0.15) is 0 Å². The van der Waals surface area contributed by atoms with Crippen molar-refractivity contribution in [2.45, 2.75) is 25.4 Å². The summed E-state index contributed by atoms with van der Waals surface area (Å²) in [6.45, 7) is 2.07. The molecule has 1 aliphatic heterocycles. The summed E-state index contributed by atoms with van der Waals surface area (Å²) in [5.74, 6) is -0.282. The Hall–Kier alpha value is -1.59. The molecule has 1 aromatic rings. The average molecular weight is 337 g/mol. The summed E-state index contributed by atoms with van der Waals surface area (Å²) in [4.78, 5) is 28.4. The number of carbonyl (C=O) groups excluding carboxylic acids is 2. The molecule has 5 nitrogen and oxygen atoms in total. The van der Waals surface area contributed by atoms with E-state index in [-0.39, 0.29) is 17.7 Å². The van der Waals surface area contributed by atoms with Gasteiger partial charge in [-0.25, -0.2) is 0 Å². The van der Waals surface area contributed by atoms with Crippen molar-refractivity contribution in [1.82, 2.24) is 9.80 Å². The van der Waals surface area contributed by atoms with Gasteiger partial charge in [0.15, 0.2) is 0 Å². The Balaban J connectivity index is 1.58. The van der Waals surface area contributed by atoms with E-state index in [9.17, 15) is 14.7 Å². The first-order valence-corrected chi connectivity index (χ1v) is 8.46. The van der Waals surface area contributed by atoms with Gasteiger partial charge in [-0.2, -0.15) is 0 Å². The van der Waals surface area contributed by atoms with E-state index in [4.69, 9.17) is 11.6 Å². The molecule has 0 bridgehead atoms. The second-order valence-corrected chi connectivity index (χ2v) is 6.67. The lowest BCUT2D eigenvalue weighted by molar-refractivity contribution is -0.139. The van der Waals surface area contributed by atoms with E-state index in [1.165, 1.54) is 0 Å². The topological polar surface area (TPSA) is 60.9 Å². The van der Waals surface area contributed by atoms with Crippen LogP contribution in [0.2, 0.25) is 5.02 Å². The maximum absolute atomic E-state index is 12.5. The Kier molecular flexibility index (Phi) is 4.87. The zero-order valence-corrected chi connectivity index (χ0v) is 13.7. The van der Waals surface area contributed by atoms with Crippen LogP contribution in [0, 0.1) is 5.92 Å². The SMILES string of the molecule is O=C(c1cccc(Cl)c1)N1CCN(C(=O)C2CCCC2O)CC1. The Labute approximate surface area is 140 Å². The van der Waals surface area contributed by atoms with Gasteiger partial charge < -0.3 is 14.9 Å². The summed E-state index contributed by atoms with van der Waals surface area (Å²) >= 11 is 5.93. The minimum absolute atomic E-state index is 0.0323. The highest BCUT2D eigenvalue weighted by atomic mass is 35.5. The zero-order chi connectivity index (χ0) is 16.4. The van der Waals surface area contributed by atoms with Crippen LogP contribution in [0.3, 0.4) is 0 Å². The van der Waals surface area contributed by atoms with Crippen molar-refractivity contribution >= 4 is 23.4 Å². The summed E-state index contributed by atoms with van der Waals surface area (Å²) in [5.41, 5.74) is 0.573. The van der Waals surface area contributed by atoms with Crippen LogP contribution in [0.15, 0.2) is 24.3 Å². The van der Waals surface area contributed by atoms with E-state index in [0.29, 0.717) is 43.2 Å². The van der Waals surface area contributed by atoms with Gasteiger partial charge >= 0.3 is 0 Å². The Morgan fingerprint density at radius 3 is 2.39 bits per heavy atom. The highest BCUT2D eigenvalue weighted by Gasteiger charge is 2.35. The molecule has 0 aromatic heterocycles. The third kappa shape index (κ3) is 3.51. The second-order valence-electron chi connectivity index (χ2n) is 6.23. The van der Waals surface area contributed by atoms with Crippen LogP contribution in [0.25, 0.3) is 0 Å². The molecule has 1 saturated heterocycles. The molecule has 23 heavy (non-hydrogen) atoms. The number of carbonyl (C=O) groups is 2. The van der Waals surface area contributed by atoms with Gasteiger partial charge in [-0.1, -0.05) is 17.7 Å². The summed E-state index contributed by atoms with van der Waals surface area (Å²) < 4.78 is 0. The quantitative estimate of drug-likeness (QED) is 0.895. The first kappa shape index (κ1) is 16.3. The molecule has 2 atom stereocenters. The van der Waals surface area contributed by atoms with Crippen LogP contribution in [-0.4, -0.2) is 59.0 Å². The molecule has 1 N–H and O–H groups in total. The molecular weight excluding hydrogens is 316 g/mol. The van der Waals surface area contributed by atoms with Crippen molar-refractivity contribution in [3.8, 4) is 0 Å². The summed E-state index contributed by atoms with van der Waals surface area (Å²) in [5, 5.41) is 10.4. The first-order valence-electron chi connectivity index (χ1n) is 8.08.